The standard InChI is InChI=1S/C19H19N3O4S/c1-22(19(25)13-9-16-12(21-13)5-8-27-16)7-6-20-18(24)11-10-26-15-4-2-3-14(23)17(11)15/h5,8-10,21H,2-4,6-7H2,1H3,(H,20,24). The van der Waals surface area contributed by atoms with Crippen molar-refractivity contribution >= 4 is 39.2 Å². The molecule has 1 aliphatic carbocycles. The zero-order chi connectivity index (χ0) is 19.0. The van der Waals surface area contributed by atoms with Crippen molar-refractivity contribution < 1.29 is 18.8 Å². The van der Waals surface area contributed by atoms with E-state index in [2.05, 4.69) is 10.3 Å². The highest BCUT2D eigenvalue weighted by molar-refractivity contribution is 7.17. The maximum Gasteiger partial charge on any atom is 0.270 e. The third-order valence-electron chi connectivity index (χ3n) is 4.75. The molecule has 2 amide bonds. The highest BCUT2D eigenvalue weighted by Crippen LogP contribution is 2.26. The van der Waals surface area contributed by atoms with E-state index < -0.39 is 0 Å². The summed E-state index contributed by atoms with van der Waals surface area (Å²) in [7, 11) is 1.69. The van der Waals surface area contributed by atoms with Crippen LogP contribution in [0.1, 0.15) is 49.8 Å². The van der Waals surface area contributed by atoms with Gasteiger partial charge in [0.05, 0.1) is 21.3 Å². The number of Topliss-reactive ketones (excluding diaryl/α,β-unsaturated/α-hetero) is 1. The Bertz CT molecular complexity index is 1000. The molecule has 0 saturated carbocycles. The van der Waals surface area contributed by atoms with Crippen LogP contribution in [0.15, 0.2) is 28.2 Å². The number of likely N-dealkylation sites (N-methyl/N-ethyl adjacent to an activating group) is 1. The van der Waals surface area contributed by atoms with E-state index in [1.54, 1.807) is 23.3 Å². The first kappa shape index (κ1) is 17.5. The number of nitrogens with one attached hydrogen (secondary N) is 2. The number of carbonyl (C=O) groups excluding carboxylic acids is 3. The van der Waals surface area contributed by atoms with Gasteiger partial charge in [0.1, 0.15) is 17.7 Å². The molecule has 27 heavy (non-hydrogen) atoms. The summed E-state index contributed by atoms with van der Waals surface area (Å²) in [5.41, 5.74) is 2.17. The summed E-state index contributed by atoms with van der Waals surface area (Å²) in [6.45, 7) is 0.634. The first-order chi connectivity index (χ1) is 13.0. The molecule has 0 bridgehead atoms. The number of nitrogens with zero attached hydrogens (tertiary/aromatic N) is 1. The Morgan fingerprint density at radius 3 is 3.04 bits per heavy atom. The smallest absolute Gasteiger partial charge is 0.270 e. The van der Waals surface area contributed by atoms with Crippen LogP contribution >= 0.6 is 11.3 Å². The van der Waals surface area contributed by atoms with Gasteiger partial charge in [-0.25, -0.2) is 0 Å². The van der Waals surface area contributed by atoms with E-state index >= 15 is 0 Å². The van der Waals surface area contributed by atoms with Crippen LogP contribution in [-0.4, -0.2) is 47.6 Å². The van der Waals surface area contributed by atoms with Crippen LogP contribution < -0.4 is 5.32 Å². The molecule has 0 aromatic carbocycles. The molecule has 8 heteroatoms. The van der Waals surface area contributed by atoms with Crippen molar-refractivity contribution in [3.63, 3.8) is 0 Å². The average molecular weight is 385 g/mol. The summed E-state index contributed by atoms with van der Waals surface area (Å²) in [5.74, 6) is 0.0598. The Kier molecular flexibility index (Phi) is 4.57. The number of hydrogen-bond donors (Lipinski definition) is 2. The van der Waals surface area contributed by atoms with Gasteiger partial charge in [0, 0.05) is 33.0 Å². The van der Waals surface area contributed by atoms with Crippen LogP contribution in [-0.2, 0) is 6.42 Å². The normalized spacial score (nSPS) is 13.6. The minimum Gasteiger partial charge on any atom is -0.468 e. The molecule has 3 aromatic heterocycles. The molecule has 4 rings (SSSR count). The van der Waals surface area contributed by atoms with Gasteiger partial charge in [-0.2, -0.15) is 0 Å². The first-order valence-corrected chi connectivity index (χ1v) is 9.66. The number of amides is 2. The van der Waals surface area contributed by atoms with Gasteiger partial charge >= 0.3 is 0 Å². The van der Waals surface area contributed by atoms with Gasteiger partial charge in [-0.15, -0.1) is 11.3 Å². The molecule has 0 saturated heterocycles. The lowest BCUT2D eigenvalue weighted by atomic mass is 9.94. The van der Waals surface area contributed by atoms with Crippen molar-refractivity contribution in [2.45, 2.75) is 19.3 Å². The van der Waals surface area contributed by atoms with E-state index in [-0.39, 0.29) is 29.7 Å². The van der Waals surface area contributed by atoms with E-state index in [0.717, 1.165) is 16.6 Å². The van der Waals surface area contributed by atoms with E-state index in [9.17, 15) is 14.4 Å². The van der Waals surface area contributed by atoms with E-state index in [1.165, 1.54) is 6.26 Å². The molecule has 3 heterocycles. The molecule has 0 atom stereocenters. The molecule has 0 spiro atoms. The van der Waals surface area contributed by atoms with Crippen molar-refractivity contribution in [3.05, 3.63) is 46.4 Å². The number of aromatic amines is 1. The van der Waals surface area contributed by atoms with Gasteiger partial charge in [0.2, 0.25) is 0 Å². The average Bonchev–Trinajstić information content (AvgIpc) is 3.35. The summed E-state index contributed by atoms with van der Waals surface area (Å²) < 4.78 is 6.41. The van der Waals surface area contributed by atoms with Crippen molar-refractivity contribution in [2.24, 2.45) is 0 Å². The number of rotatable bonds is 5. The lowest BCUT2D eigenvalue weighted by Crippen LogP contribution is -2.36. The molecule has 7 nitrogen and oxygen atoms in total. The van der Waals surface area contributed by atoms with Crippen LogP contribution in [0, 0.1) is 0 Å². The zero-order valence-corrected chi connectivity index (χ0v) is 15.6. The fourth-order valence-electron chi connectivity index (χ4n) is 3.29. The fraction of sp³-hybridized carbons (Fsp3) is 0.316. The number of H-pyrrole nitrogens is 1. The van der Waals surface area contributed by atoms with Gasteiger partial charge in [-0.3, -0.25) is 14.4 Å². The maximum absolute atomic E-state index is 12.5. The third-order valence-corrected chi connectivity index (χ3v) is 5.61. The molecule has 0 aliphatic heterocycles. The molecular weight excluding hydrogens is 366 g/mol. The Balaban J connectivity index is 1.34. The van der Waals surface area contributed by atoms with Crippen LogP contribution in [0.2, 0.25) is 0 Å². The topological polar surface area (TPSA) is 95.4 Å². The van der Waals surface area contributed by atoms with Crippen molar-refractivity contribution in [3.8, 4) is 0 Å². The molecule has 0 radical (unpaired) electrons. The van der Waals surface area contributed by atoms with E-state index in [0.29, 0.717) is 36.4 Å². The molecule has 140 valence electrons. The summed E-state index contributed by atoms with van der Waals surface area (Å²) in [6, 6.07) is 3.77. The monoisotopic (exact) mass is 385 g/mol. The van der Waals surface area contributed by atoms with Gasteiger partial charge in [-0.05, 0) is 23.9 Å². The fourth-order valence-corrected chi connectivity index (χ4v) is 4.07. The summed E-state index contributed by atoms with van der Waals surface area (Å²) in [4.78, 5) is 41.6. The Morgan fingerprint density at radius 2 is 2.22 bits per heavy atom. The SMILES string of the molecule is CN(CCNC(=O)c1coc2c1C(=O)CCC2)C(=O)c1cc2sccc2[nH]1. The largest absolute Gasteiger partial charge is 0.468 e. The van der Waals surface area contributed by atoms with Gasteiger partial charge in [-0.1, -0.05) is 0 Å². The van der Waals surface area contributed by atoms with Gasteiger partial charge in [0.15, 0.2) is 5.78 Å². The van der Waals surface area contributed by atoms with Crippen LogP contribution in [0.5, 0.6) is 0 Å². The van der Waals surface area contributed by atoms with Crippen molar-refractivity contribution in [2.75, 3.05) is 20.1 Å². The lowest BCUT2D eigenvalue weighted by Gasteiger charge is -2.16. The molecule has 0 fully saturated rings. The van der Waals surface area contributed by atoms with E-state index in [4.69, 9.17) is 4.42 Å². The Morgan fingerprint density at radius 1 is 1.37 bits per heavy atom. The number of ketones is 1. The number of aromatic nitrogens is 1. The highest BCUT2D eigenvalue weighted by atomic mass is 32.1. The van der Waals surface area contributed by atoms with Crippen molar-refractivity contribution in [1.29, 1.82) is 0 Å². The quantitative estimate of drug-likeness (QED) is 0.706. The minimum absolute atomic E-state index is 0.0471. The molecule has 3 aromatic rings. The number of furan rings is 1. The number of aryl methyl sites for hydroxylation is 1. The van der Waals surface area contributed by atoms with Crippen LogP contribution in [0.4, 0.5) is 0 Å². The predicted molar refractivity (Wildman–Crippen MR) is 101 cm³/mol. The maximum atomic E-state index is 12.5. The second-order valence-electron chi connectivity index (χ2n) is 6.59. The highest BCUT2D eigenvalue weighted by Gasteiger charge is 2.27. The Hall–Kier alpha value is -2.87. The molecule has 1 aliphatic rings. The second-order valence-corrected chi connectivity index (χ2v) is 7.54. The lowest BCUT2D eigenvalue weighted by molar-refractivity contribution is 0.0782. The second kappa shape index (κ2) is 7.03. The zero-order valence-electron chi connectivity index (χ0n) is 14.8. The number of fused-ring (bicyclic) bond motifs is 2. The summed E-state index contributed by atoms with van der Waals surface area (Å²) in [5, 5.41) is 4.73. The van der Waals surface area contributed by atoms with Crippen molar-refractivity contribution in [1.82, 2.24) is 15.2 Å². The minimum atomic E-state index is -0.350. The third kappa shape index (κ3) is 3.28. The van der Waals surface area contributed by atoms with Gasteiger partial charge in [0.25, 0.3) is 11.8 Å². The molecule has 0 unspecified atom stereocenters. The number of carbonyl (C=O) groups is 3. The van der Waals surface area contributed by atoms with Crippen LogP contribution in [0.3, 0.4) is 0 Å². The Labute approximate surface area is 159 Å². The molecule has 2 N–H and O–H groups in total. The van der Waals surface area contributed by atoms with E-state index in [1.807, 2.05) is 17.5 Å². The van der Waals surface area contributed by atoms with Gasteiger partial charge < -0.3 is 19.6 Å². The predicted octanol–water partition coefficient (Wildman–Crippen LogP) is 2.84. The summed E-state index contributed by atoms with van der Waals surface area (Å²) >= 11 is 1.57. The number of hydrogen-bond acceptors (Lipinski definition) is 5. The summed E-state index contributed by atoms with van der Waals surface area (Å²) in [6.07, 6.45) is 3.23. The number of thiophene rings is 1. The first-order valence-electron chi connectivity index (χ1n) is 8.78. The van der Waals surface area contributed by atoms with Crippen LogP contribution in [0.25, 0.3) is 10.2 Å². The molecular formula is C19H19N3O4S.